The van der Waals surface area contributed by atoms with Gasteiger partial charge in [-0.1, -0.05) is 42.1 Å². The number of imide groups is 1. The smallest absolute Gasteiger partial charge is 0.321 e. The van der Waals surface area contributed by atoms with Crippen LogP contribution < -0.4 is 16.2 Å². The Morgan fingerprint density at radius 1 is 1.21 bits per heavy atom. The fourth-order valence-corrected chi connectivity index (χ4v) is 6.50. The highest BCUT2D eigenvalue weighted by Crippen LogP contribution is 2.35. The molecule has 0 aliphatic heterocycles. The lowest BCUT2D eigenvalue weighted by molar-refractivity contribution is -0.119. The van der Waals surface area contributed by atoms with Gasteiger partial charge >= 0.3 is 6.03 Å². The number of amides is 3. The van der Waals surface area contributed by atoms with Crippen LogP contribution in [0.15, 0.2) is 40.3 Å². The van der Waals surface area contributed by atoms with Crippen molar-refractivity contribution in [3.05, 3.63) is 56.7 Å². The van der Waals surface area contributed by atoms with E-state index in [4.69, 9.17) is 4.98 Å². The minimum absolute atomic E-state index is 0.0260. The predicted octanol–water partition coefficient (Wildman–Crippen LogP) is 4.05. The molecule has 1 saturated carbocycles. The van der Waals surface area contributed by atoms with E-state index in [1.54, 1.807) is 22.8 Å². The molecule has 2 heterocycles. The molecule has 0 spiro atoms. The van der Waals surface area contributed by atoms with Crippen LogP contribution in [0.4, 0.5) is 4.79 Å². The summed E-state index contributed by atoms with van der Waals surface area (Å²) in [5.41, 5.74) is 2.28. The van der Waals surface area contributed by atoms with E-state index in [0.29, 0.717) is 18.1 Å². The standard InChI is InChI=1S/C25H28N4O3S2/c1-15(21(30)27-24(32)26-17-11-12-17)33-25-28-22-20(18-9-5-6-10-19(18)34-22)23(31)29(25)14-13-16-7-3-2-4-8-16/h2-4,7-8,15,17H,5-6,9-14H2,1H3,(H2,26,27,30,32). The predicted molar refractivity (Wildman–Crippen MR) is 136 cm³/mol. The molecule has 1 atom stereocenters. The largest absolute Gasteiger partial charge is 0.335 e. The molecule has 5 rings (SSSR count). The molecular formula is C25H28N4O3S2. The number of fused-ring (bicyclic) bond motifs is 3. The van der Waals surface area contributed by atoms with Gasteiger partial charge in [-0.15, -0.1) is 11.3 Å². The average molecular weight is 497 g/mol. The number of urea groups is 1. The highest BCUT2D eigenvalue weighted by atomic mass is 32.2. The van der Waals surface area contributed by atoms with Gasteiger partial charge in [-0.2, -0.15) is 0 Å². The first-order chi connectivity index (χ1) is 16.5. The molecule has 3 aromatic rings. The summed E-state index contributed by atoms with van der Waals surface area (Å²) in [4.78, 5) is 45.3. The van der Waals surface area contributed by atoms with Crippen LogP contribution in [0.1, 0.15) is 48.6 Å². The number of carbonyl (C=O) groups is 2. The number of carbonyl (C=O) groups excluding carboxylic acids is 2. The number of rotatable bonds is 7. The maximum absolute atomic E-state index is 13.7. The van der Waals surface area contributed by atoms with Crippen molar-refractivity contribution in [3.8, 4) is 0 Å². The van der Waals surface area contributed by atoms with E-state index in [-0.39, 0.29) is 11.6 Å². The maximum Gasteiger partial charge on any atom is 0.321 e. The summed E-state index contributed by atoms with van der Waals surface area (Å²) in [6.45, 7) is 2.22. The second-order valence-corrected chi connectivity index (χ2v) is 11.4. The second kappa shape index (κ2) is 9.92. The van der Waals surface area contributed by atoms with E-state index < -0.39 is 17.2 Å². The van der Waals surface area contributed by atoms with Gasteiger partial charge in [-0.05, 0) is 63.0 Å². The molecule has 9 heteroatoms. The van der Waals surface area contributed by atoms with Crippen molar-refractivity contribution in [3.63, 3.8) is 0 Å². The number of benzene rings is 1. The van der Waals surface area contributed by atoms with Crippen LogP contribution in [0.5, 0.6) is 0 Å². The van der Waals surface area contributed by atoms with Gasteiger partial charge in [0, 0.05) is 17.5 Å². The minimum atomic E-state index is -0.577. The van der Waals surface area contributed by atoms with Gasteiger partial charge in [0.05, 0.1) is 10.6 Å². The first-order valence-electron chi connectivity index (χ1n) is 11.9. The highest BCUT2D eigenvalue weighted by Gasteiger charge is 2.27. The molecule has 34 heavy (non-hydrogen) atoms. The molecular weight excluding hydrogens is 468 g/mol. The molecule has 1 fully saturated rings. The van der Waals surface area contributed by atoms with E-state index >= 15 is 0 Å². The minimum Gasteiger partial charge on any atom is -0.335 e. The third-order valence-corrected chi connectivity index (χ3v) is 8.58. The molecule has 0 bridgehead atoms. The van der Waals surface area contributed by atoms with Gasteiger partial charge in [-0.3, -0.25) is 19.5 Å². The van der Waals surface area contributed by atoms with Crippen molar-refractivity contribution in [1.82, 2.24) is 20.2 Å². The van der Waals surface area contributed by atoms with Crippen LogP contribution in [-0.4, -0.2) is 32.8 Å². The maximum atomic E-state index is 13.7. The fraction of sp³-hybridized carbons (Fsp3) is 0.440. The van der Waals surface area contributed by atoms with Crippen molar-refractivity contribution >= 4 is 45.3 Å². The van der Waals surface area contributed by atoms with Gasteiger partial charge < -0.3 is 5.32 Å². The third kappa shape index (κ3) is 5.05. The van der Waals surface area contributed by atoms with Gasteiger partial charge in [0.25, 0.3) is 5.56 Å². The van der Waals surface area contributed by atoms with Gasteiger partial charge in [0.15, 0.2) is 5.16 Å². The number of thiophene rings is 1. The van der Waals surface area contributed by atoms with Crippen LogP contribution in [-0.2, 0) is 30.6 Å². The fourth-order valence-electron chi connectivity index (χ4n) is 4.27. The van der Waals surface area contributed by atoms with Crippen LogP contribution in [0.2, 0.25) is 0 Å². The van der Waals surface area contributed by atoms with Crippen molar-refractivity contribution in [2.45, 2.75) is 74.9 Å². The molecule has 3 amide bonds. The number of aryl methyl sites for hydroxylation is 3. The Hall–Kier alpha value is -2.65. The Labute approximate surface area is 206 Å². The number of hydrogen-bond donors (Lipinski definition) is 2. The second-order valence-electron chi connectivity index (χ2n) is 8.97. The molecule has 2 aliphatic carbocycles. The summed E-state index contributed by atoms with van der Waals surface area (Å²) in [5.74, 6) is -0.391. The SMILES string of the molecule is CC(Sc1nc2sc3c(c2c(=O)n1CCc1ccccc1)CCCC3)C(=O)NC(=O)NC1CC1. The van der Waals surface area contributed by atoms with E-state index in [0.717, 1.165) is 59.9 Å². The number of nitrogens with one attached hydrogen (secondary N) is 2. The summed E-state index contributed by atoms with van der Waals surface area (Å²) in [6, 6.07) is 9.76. The first kappa shape index (κ1) is 23.1. The number of aromatic nitrogens is 2. The van der Waals surface area contributed by atoms with Gasteiger partial charge in [-0.25, -0.2) is 9.78 Å². The monoisotopic (exact) mass is 496 g/mol. The van der Waals surface area contributed by atoms with Crippen molar-refractivity contribution in [1.29, 1.82) is 0 Å². The normalized spacial score (nSPS) is 16.1. The lowest BCUT2D eigenvalue weighted by Crippen LogP contribution is -2.43. The summed E-state index contributed by atoms with van der Waals surface area (Å²) in [7, 11) is 0. The summed E-state index contributed by atoms with van der Waals surface area (Å²) in [5, 5.41) is 5.88. The molecule has 1 aromatic carbocycles. The number of nitrogens with zero attached hydrogens (tertiary/aromatic N) is 2. The zero-order valence-corrected chi connectivity index (χ0v) is 20.8. The van der Waals surface area contributed by atoms with E-state index in [1.165, 1.54) is 16.6 Å². The van der Waals surface area contributed by atoms with Crippen LogP contribution >= 0.6 is 23.1 Å². The van der Waals surface area contributed by atoms with E-state index in [9.17, 15) is 14.4 Å². The van der Waals surface area contributed by atoms with Gasteiger partial charge in [0.2, 0.25) is 5.91 Å². The molecule has 7 nitrogen and oxygen atoms in total. The average Bonchev–Trinajstić information content (AvgIpc) is 3.56. The summed E-state index contributed by atoms with van der Waals surface area (Å²) >= 11 is 2.84. The summed E-state index contributed by atoms with van der Waals surface area (Å²) < 4.78 is 1.72. The zero-order chi connectivity index (χ0) is 23.7. The molecule has 0 saturated heterocycles. The molecule has 1 unspecified atom stereocenters. The quantitative estimate of drug-likeness (QED) is 0.380. The Balaban J connectivity index is 1.44. The van der Waals surface area contributed by atoms with Crippen molar-refractivity contribution in [2.75, 3.05) is 0 Å². The van der Waals surface area contributed by atoms with Gasteiger partial charge in [0.1, 0.15) is 4.83 Å². The third-order valence-electron chi connectivity index (χ3n) is 6.31. The Bertz CT molecular complexity index is 1280. The molecule has 178 valence electrons. The lowest BCUT2D eigenvalue weighted by Gasteiger charge is -2.16. The first-order valence-corrected chi connectivity index (χ1v) is 13.6. The molecule has 2 aromatic heterocycles. The van der Waals surface area contributed by atoms with Crippen molar-refractivity contribution < 1.29 is 9.59 Å². The Morgan fingerprint density at radius 3 is 2.74 bits per heavy atom. The highest BCUT2D eigenvalue weighted by molar-refractivity contribution is 8.00. The number of thioether (sulfide) groups is 1. The van der Waals surface area contributed by atoms with E-state index in [1.807, 2.05) is 30.3 Å². The number of hydrogen-bond acceptors (Lipinski definition) is 6. The Kier molecular flexibility index (Phi) is 6.74. The van der Waals surface area contributed by atoms with Crippen LogP contribution in [0.3, 0.4) is 0 Å². The Morgan fingerprint density at radius 2 is 1.97 bits per heavy atom. The zero-order valence-electron chi connectivity index (χ0n) is 19.1. The van der Waals surface area contributed by atoms with Crippen LogP contribution in [0, 0.1) is 0 Å². The van der Waals surface area contributed by atoms with Crippen molar-refractivity contribution in [2.24, 2.45) is 0 Å². The van der Waals surface area contributed by atoms with E-state index in [2.05, 4.69) is 10.6 Å². The summed E-state index contributed by atoms with van der Waals surface area (Å²) in [6.07, 6.45) is 6.76. The molecule has 2 N–H and O–H groups in total. The topological polar surface area (TPSA) is 93.1 Å². The lowest BCUT2D eigenvalue weighted by atomic mass is 9.97. The van der Waals surface area contributed by atoms with Crippen LogP contribution in [0.25, 0.3) is 10.2 Å². The molecule has 0 radical (unpaired) electrons. The molecule has 2 aliphatic rings.